The molecule has 3 aromatic rings. The molecular weight excluding hydrogens is 432 g/mol. The van der Waals surface area contributed by atoms with Gasteiger partial charge in [0.15, 0.2) is 6.61 Å². The number of amides is 1. The maximum atomic E-state index is 12.4. The highest BCUT2D eigenvalue weighted by Crippen LogP contribution is 2.29. The Morgan fingerprint density at radius 1 is 1.37 bits per heavy atom. The smallest absolute Gasteiger partial charge is 0.348 e. The number of rotatable bonds is 7. The first-order valence-electron chi connectivity index (χ1n) is 9.03. The van der Waals surface area contributed by atoms with Crippen LogP contribution >= 0.6 is 22.9 Å². The van der Waals surface area contributed by atoms with Crippen molar-refractivity contribution in [1.29, 1.82) is 0 Å². The fraction of sp³-hybridized carbons (Fsp3) is 0.316. The predicted octanol–water partition coefficient (Wildman–Crippen LogP) is 4.42. The molecule has 0 aliphatic heterocycles. The van der Waals surface area contributed by atoms with E-state index >= 15 is 0 Å². The molecule has 0 spiro atoms. The Labute approximate surface area is 180 Å². The average Bonchev–Trinajstić information content (AvgIpc) is 3.22. The van der Waals surface area contributed by atoms with Crippen LogP contribution in [-0.4, -0.2) is 33.2 Å². The van der Waals surface area contributed by atoms with E-state index < -0.39 is 23.4 Å². The number of carbonyl (C=O) groups excluding carboxylic acids is 2. The van der Waals surface area contributed by atoms with Crippen LogP contribution < -0.4 is 5.32 Å². The van der Waals surface area contributed by atoms with Crippen LogP contribution in [0.4, 0.5) is 11.4 Å². The van der Waals surface area contributed by atoms with Crippen molar-refractivity contribution in [1.82, 2.24) is 9.78 Å². The van der Waals surface area contributed by atoms with Crippen LogP contribution in [0.15, 0.2) is 24.3 Å². The van der Waals surface area contributed by atoms with E-state index in [1.807, 2.05) is 11.6 Å². The van der Waals surface area contributed by atoms with Gasteiger partial charge in [0.25, 0.3) is 11.6 Å². The third-order valence-electron chi connectivity index (χ3n) is 4.12. The fourth-order valence-electron chi connectivity index (χ4n) is 2.79. The van der Waals surface area contributed by atoms with E-state index in [1.54, 1.807) is 6.07 Å². The zero-order valence-electron chi connectivity index (χ0n) is 16.5. The highest BCUT2D eigenvalue weighted by atomic mass is 35.5. The Morgan fingerprint density at radius 3 is 2.73 bits per heavy atom. The summed E-state index contributed by atoms with van der Waals surface area (Å²) in [6.45, 7) is 6.26. The minimum Gasteiger partial charge on any atom is -0.451 e. The second-order valence-electron chi connectivity index (χ2n) is 7.04. The van der Waals surface area contributed by atoms with Crippen molar-refractivity contribution in [2.75, 3.05) is 11.9 Å². The zero-order valence-corrected chi connectivity index (χ0v) is 18.0. The van der Waals surface area contributed by atoms with Gasteiger partial charge in [-0.3, -0.25) is 19.6 Å². The van der Waals surface area contributed by atoms with Gasteiger partial charge in [-0.1, -0.05) is 25.4 Å². The van der Waals surface area contributed by atoms with Crippen molar-refractivity contribution >= 4 is 56.4 Å². The minimum atomic E-state index is -0.614. The number of fused-ring (bicyclic) bond motifs is 1. The van der Waals surface area contributed by atoms with Gasteiger partial charge in [-0.25, -0.2) is 4.79 Å². The lowest BCUT2D eigenvalue weighted by Crippen LogP contribution is -2.20. The number of nitrogens with one attached hydrogen (secondary N) is 1. The van der Waals surface area contributed by atoms with Crippen LogP contribution in [0.3, 0.4) is 0 Å². The third kappa shape index (κ3) is 4.77. The molecule has 0 atom stereocenters. The molecule has 0 unspecified atom stereocenters. The number of nitrogens with zero attached hydrogens (tertiary/aromatic N) is 3. The molecule has 11 heteroatoms. The lowest BCUT2D eigenvalue weighted by Gasteiger charge is -2.07. The molecule has 0 aliphatic carbocycles. The van der Waals surface area contributed by atoms with E-state index in [9.17, 15) is 19.7 Å². The largest absolute Gasteiger partial charge is 0.451 e. The summed E-state index contributed by atoms with van der Waals surface area (Å²) in [5, 5.41) is 18.6. The SMILES string of the molecule is Cc1nn(CC(C)C)c2sc(C(=O)OCC(=O)Nc3ccc([N+](=O)[O-])cc3Cl)cc12. The number of nitro groups is 1. The van der Waals surface area contributed by atoms with Crippen LogP contribution in [0, 0.1) is 23.0 Å². The Hall–Kier alpha value is -2.98. The zero-order chi connectivity index (χ0) is 22.0. The Morgan fingerprint density at radius 2 is 2.10 bits per heavy atom. The van der Waals surface area contributed by atoms with Gasteiger partial charge >= 0.3 is 5.97 Å². The number of nitro benzene ring substituents is 1. The molecule has 158 valence electrons. The second kappa shape index (κ2) is 8.80. The van der Waals surface area contributed by atoms with E-state index in [2.05, 4.69) is 24.3 Å². The second-order valence-corrected chi connectivity index (χ2v) is 8.47. The fourth-order valence-corrected chi connectivity index (χ4v) is 4.08. The number of esters is 1. The molecule has 0 aliphatic rings. The molecule has 0 saturated carbocycles. The summed E-state index contributed by atoms with van der Waals surface area (Å²) in [7, 11) is 0. The van der Waals surface area contributed by atoms with Crippen molar-refractivity contribution in [3.8, 4) is 0 Å². The van der Waals surface area contributed by atoms with Crippen LogP contribution in [0.5, 0.6) is 0 Å². The normalized spacial score (nSPS) is 11.1. The first-order valence-corrected chi connectivity index (χ1v) is 10.2. The molecule has 0 bridgehead atoms. The molecule has 3 rings (SSSR count). The van der Waals surface area contributed by atoms with Crippen LogP contribution in [-0.2, 0) is 16.1 Å². The molecule has 2 heterocycles. The lowest BCUT2D eigenvalue weighted by molar-refractivity contribution is -0.384. The number of non-ortho nitro benzene ring substituents is 1. The summed E-state index contributed by atoms with van der Waals surface area (Å²) in [5.41, 5.74) is 0.821. The molecule has 0 radical (unpaired) electrons. The van der Waals surface area contributed by atoms with Crippen LogP contribution in [0.1, 0.15) is 29.2 Å². The predicted molar refractivity (Wildman–Crippen MR) is 114 cm³/mol. The van der Waals surface area contributed by atoms with Crippen molar-refractivity contribution in [3.05, 3.63) is 50.0 Å². The molecule has 0 saturated heterocycles. The average molecular weight is 451 g/mol. The summed E-state index contributed by atoms with van der Waals surface area (Å²) in [5.74, 6) is -0.820. The topological polar surface area (TPSA) is 116 Å². The molecule has 9 nitrogen and oxygen atoms in total. The van der Waals surface area contributed by atoms with Gasteiger partial charge in [-0.2, -0.15) is 5.10 Å². The minimum absolute atomic E-state index is 0.0126. The monoisotopic (exact) mass is 450 g/mol. The molecule has 30 heavy (non-hydrogen) atoms. The number of thiophene rings is 1. The standard InChI is InChI=1S/C19H19ClN4O5S/c1-10(2)8-23-18-13(11(3)22-23)7-16(30-18)19(26)29-9-17(25)21-15-5-4-12(24(27)28)6-14(15)20/h4-7,10H,8-9H2,1-3H3,(H,21,25). The van der Waals surface area contributed by atoms with E-state index in [4.69, 9.17) is 16.3 Å². The molecule has 1 aromatic carbocycles. The Kier molecular flexibility index (Phi) is 6.37. The Bertz CT molecular complexity index is 1140. The first-order chi connectivity index (χ1) is 14.2. The number of carbonyl (C=O) groups is 2. The van der Waals surface area contributed by atoms with E-state index in [1.165, 1.54) is 23.5 Å². The van der Waals surface area contributed by atoms with Gasteiger partial charge in [-0.15, -0.1) is 11.3 Å². The quantitative estimate of drug-likeness (QED) is 0.323. The highest BCUT2D eigenvalue weighted by Gasteiger charge is 2.19. The Balaban J connectivity index is 1.64. The van der Waals surface area contributed by atoms with Gasteiger partial charge < -0.3 is 10.1 Å². The van der Waals surface area contributed by atoms with E-state index in [0.29, 0.717) is 10.8 Å². The third-order valence-corrected chi connectivity index (χ3v) is 5.56. The molecular formula is C19H19ClN4O5S. The summed E-state index contributed by atoms with van der Waals surface area (Å²) in [4.78, 5) is 35.9. The number of aryl methyl sites for hydroxylation is 1. The molecule has 1 N–H and O–H groups in total. The highest BCUT2D eigenvalue weighted by molar-refractivity contribution is 7.20. The van der Waals surface area contributed by atoms with Gasteiger partial charge in [0, 0.05) is 24.1 Å². The van der Waals surface area contributed by atoms with Crippen molar-refractivity contribution in [3.63, 3.8) is 0 Å². The van der Waals surface area contributed by atoms with E-state index in [0.717, 1.165) is 28.5 Å². The summed E-state index contributed by atoms with van der Waals surface area (Å²) < 4.78 is 6.98. The summed E-state index contributed by atoms with van der Waals surface area (Å²) >= 11 is 7.21. The van der Waals surface area contributed by atoms with Crippen molar-refractivity contribution in [2.24, 2.45) is 5.92 Å². The number of anilines is 1. The van der Waals surface area contributed by atoms with Crippen LogP contribution in [0.2, 0.25) is 5.02 Å². The number of ether oxygens (including phenoxy) is 1. The van der Waals surface area contributed by atoms with Gasteiger partial charge in [-0.05, 0) is 25.0 Å². The molecule has 1 amide bonds. The van der Waals surface area contributed by atoms with Crippen LogP contribution in [0.25, 0.3) is 10.2 Å². The first kappa shape index (κ1) is 21.7. The number of halogens is 1. The lowest BCUT2D eigenvalue weighted by atomic mass is 10.2. The maximum absolute atomic E-state index is 12.4. The number of aromatic nitrogens is 2. The number of hydrogen-bond donors (Lipinski definition) is 1. The summed E-state index contributed by atoms with van der Waals surface area (Å²) in [6.07, 6.45) is 0. The molecule has 0 fully saturated rings. The number of hydrogen-bond acceptors (Lipinski definition) is 7. The number of benzene rings is 1. The molecule has 2 aromatic heterocycles. The van der Waals surface area contributed by atoms with E-state index in [-0.39, 0.29) is 16.4 Å². The van der Waals surface area contributed by atoms with Gasteiger partial charge in [0.2, 0.25) is 0 Å². The maximum Gasteiger partial charge on any atom is 0.348 e. The summed E-state index contributed by atoms with van der Waals surface area (Å²) in [6, 6.07) is 5.37. The van der Waals surface area contributed by atoms with Gasteiger partial charge in [0.05, 0.1) is 21.3 Å². The van der Waals surface area contributed by atoms with Crippen molar-refractivity contribution < 1.29 is 19.2 Å². The van der Waals surface area contributed by atoms with Crippen molar-refractivity contribution in [2.45, 2.75) is 27.3 Å². The van der Waals surface area contributed by atoms with Gasteiger partial charge in [0.1, 0.15) is 9.71 Å².